The molecule has 0 heterocycles. The van der Waals surface area contributed by atoms with Crippen molar-refractivity contribution in [1.29, 1.82) is 0 Å². The summed E-state index contributed by atoms with van der Waals surface area (Å²) in [7, 11) is -2.29. The van der Waals surface area contributed by atoms with Crippen molar-refractivity contribution >= 4 is 10.0 Å². The molecule has 120 valence electrons. The Bertz CT molecular complexity index is 559. The smallest absolute Gasteiger partial charge is 0.245 e. The van der Waals surface area contributed by atoms with Crippen molar-refractivity contribution in [3.8, 4) is 0 Å². The summed E-state index contributed by atoms with van der Waals surface area (Å²) in [6.07, 6.45) is 0.744. The predicted octanol–water partition coefficient (Wildman–Crippen LogP) is 2.60. The van der Waals surface area contributed by atoms with Crippen LogP contribution < -0.4 is 5.32 Å². The Morgan fingerprint density at radius 2 is 2.00 bits per heavy atom. The van der Waals surface area contributed by atoms with E-state index >= 15 is 0 Å². The molecule has 0 aliphatic carbocycles. The molecule has 0 bridgehead atoms. The quantitative estimate of drug-likeness (QED) is 0.802. The molecule has 1 N–H and O–H groups in total. The SMILES string of the molecule is CCNCc1ccc(F)c(S(=O)(=O)N(C)CCC(C)C)c1. The molecule has 0 radical (unpaired) electrons. The summed E-state index contributed by atoms with van der Waals surface area (Å²) in [4.78, 5) is -0.246. The summed E-state index contributed by atoms with van der Waals surface area (Å²) < 4.78 is 40.1. The van der Waals surface area contributed by atoms with Gasteiger partial charge in [0.25, 0.3) is 0 Å². The maximum absolute atomic E-state index is 13.9. The molecule has 1 aromatic rings. The van der Waals surface area contributed by atoms with Crippen LogP contribution in [0.4, 0.5) is 4.39 Å². The third-order valence-electron chi connectivity index (χ3n) is 3.28. The van der Waals surface area contributed by atoms with Crippen molar-refractivity contribution in [1.82, 2.24) is 9.62 Å². The van der Waals surface area contributed by atoms with Gasteiger partial charge in [-0.25, -0.2) is 17.1 Å². The lowest BCUT2D eigenvalue weighted by Crippen LogP contribution is -2.29. The molecular formula is C15H25FN2O2S. The van der Waals surface area contributed by atoms with Crippen molar-refractivity contribution in [2.75, 3.05) is 20.1 Å². The summed E-state index contributed by atoms with van der Waals surface area (Å²) in [5.41, 5.74) is 0.758. The van der Waals surface area contributed by atoms with Crippen molar-refractivity contribution in [2.24, 2.45) is 5.92 Å². The standard InChI is InChI=1S/C15H25FN2O2S/c1-5-17-11-13-6-7-14(16)15(10-13)21(19,20)18(4)9-8-12(2)3/h6-7,10,12,17H,5,8-9,11H2,1-4H3. The van der Waals surface area contributed by atoms with Gasteiger partial charge in [0.05, 0.1) is 0 Å². The molecule has 0 aliphatic heterocycles. The Balaban J connectivity index is 3.00. The van der Waals surface area contributed by atoms with Gasteiger partial charge in [-0.3, -0.25) is 0 Å². The van der Waals surface area contributed by atoms with Crippen molar-refractivity contribution in [2.45, 2.75) is 38.6 Å². The highest BCUT2D eigenvalue weighted by atomic mass is 32.2. The van der Waals surface area contributed by atoms with Crippen LogP contribution in [0.15, 0.2) is 23.1 Å². The Morgan fingerprint density at radius 3 is 2.57 bits per heavy atom. The van der Waals surface area contributed by atoms with Gasteiger partial charge >= 0.3 is 0 Å². The second-order valence-corrected chi connectivity index (χ2v) is 7.57. The van der Waals surface area contributed by atoms with E-state index in [1.54, 1.807) is 6.07 Å². The molecular weight excluding hydrogens is 291 g/mol. The van der Waals surface area contributed by atoms with Gasteiger partial charge in [-0.05, 0) is 36.6 Å². The van der Waals surface area contributed by atoms with Crippen LogP contribution in [0, 0.1) is 11.7 Å². The van der Waals surface area contributed by atoms with Crippen LogP contribution in [0.2, 0.25) is 0 Å². The molecule has 0 saturated carbocycles. The van der Waals surface area contributed by atoms with Gasteiger partial charge in [-0.15, -0.1) is 0 Å². The fourth-order valence-corrected chi connectivity index (χ4v) is 3.15. The monoisotopic (exact) mass is 316 g/mol. The molecule has 6 heteroatoms. The van der Waals surface area contributed by atoms with Gasteiger partial charge < -0.3 is 5.32 Å². The second kappa shape index (κ2) is 7.87. The molecule has 0 saturated heterocycles. The van der Waals surface area contributed by atoms with Gasteiger partial charge in [-0.1, -0.05) is 26.8 Å². The minimum atomic E-state index is -3.78. The number of hydrogen-bond donors (Lipinski definition) is 1. The summed E-state index contributed by atoms with van der Waals surface area (Å²) in [5, 5.41) is 3.10. The first-order valence-electron chi connectivity index (χ1n) is 7.24. The average Bonchev–Trinajstić information content (AvgIpc) is 2.43. The lowest BCUT2D eigenvalue weighted by atomic mass is 10.1. The number of benzene rings is 1. The van der Waals surface area contributed by atoms with Gasteiger partial charge in [0.2, 0.25) is 10.0 Å². The Morgan fingerprint density at radius 1 is 1.33 bits per heavy atom. The third kappa shape index (κ3) is 5.05. The van der Waals surface area contributed by atoms with Gasteiger partial charge in [0.15, 0.2) is 0 Å². The first-order valence-corrected chi connectivity index (χ1v) is 8.68. The fourth-order valence-electron chi connectivity index (χ4n) is 1.85. The molecule has 0 atom stereocenters. The van der Waals surface area contributed by atoms with E-state index < -0.39 is 15.8 Å². The van der Waals surface area contributed by atoms with E-state index in [1.807, 2.05) is 20.8 Å². The second-order valence-electron chi connectivity index (χ2n) is 5.55. The lowest BCUT2D eigenvalue weighted by Gasteiger charge is -2.19. The number of sulfonamides is 1. The molecule has 1 rings (SSSR count). The van der Waals surface area contributed by atoms with Gasteiger partial charge in [0.1, 0.15) is 10.7 Å². The minimum Gasteiger partial charge on any atom is -0.313 e. The molecule has 0 aliphatic rings. The molecule has 0 fully saturated rings. The third-order valence-corrected chi connectivity index (χ3v) is 5.16. The van der Waals surface area contributed by atoms with Gasteiger partial charge in [-0.2, -0.15) is 0 Å². The predicted molar refractivity (Wildman–Crippen MR) is 83.1 cm³/mol. The number of nitrogens with zero attached hydrogens (tertiary/aromatic N) is 1. The van der Waals surface area contributed by atoms with E-state index in [9.17, 15) is 12.8 Å². The number of rotatable bonds is 8. The molecule has 0 spiro atoms. The molecule has 0 unspecified atom stereocenters. The van der Waals surface area contributed by atoms with E-state index in [1.165, 1.54) is 23.5 Å². The summed E-state index contributed by atoms with van der Waals surface area (Å²) in [6.45, 7) is 7.69. The van der Waals surface area contributed by atoms with Crippen LogP contribution in [-0.4, -0.2) is 32.9 Å². The van der Waals surface area contributed by atoms with E-state index in [2.05, 4.69) is 5.32 Å². The Labute approximate surface area is 127 Å². The molecule has 0 aromatic heterocycles. The largest absolute Gasteiger partial charge is 0.313 e. The number of nitrogens with one attached hydrogen (secondary N) is 1. The first kappa shape index (κ1) is 18.1. The van der Waals surface area contributed by atoms with E-state index in [0.717, 1.165) is 18.5 Å². The topological polar surface area (TPSA) is 49.4 Å². The molecule has 1 aromatic carbocycles. The maximum Gasteiger partial charge on any atom is 0.245 e. The summed E-state index contributed by atoms with van der Waals surface area (Å²) in [6, 6.07) is 4.24. The highest BCUT2D eigenvalue weighted by Gasteiger charge is 2.24. The zero-order valence-corrected chi connectivity index (χ0v) is 14.0. The number of halogens is 1. The Hall–Kier alpha value is -0.980. The van der Waals surface area contributed by atoms with Crippen LogP contribution in [-0.2, 0) is 16.6 Å². The average molecular weight is 316 g/mol. The van der Waals surface area contributed by atoms with Crippen LogP contribution in [0.25, 0.3) is 0 Å². The minimum absolute atomic E-state index is 0.246. The van der Waals surface area contributed by atoms with Gasteiger partial charge in [0, 0.05) is 20.1 Å². The normalized spacial score (nSPS) is 12.3. The van der Waals surface area contributed by atoms with Crippen molar-refractivity contribution in [3.05, 3.63) is 29.6 Å². The van der Waals surface area contributed by atoms with Crippen molar-refractivity contribution in [3.63, 3.8) is 0 Å². The van der Waals surface area contributed by atoms with E-state index in [-0.39, 0.29) is 4.90 Å². The van der Waals surface area contributed by atoms with E-state index in [4.69, 9.17) is 0 Å². The highest BCUT2D eigenvalue weighted by molar-refractivity contribution is 7.89. The van der Waals surface area contributed by atoms with Crippen LogP contribution in [0.5, 0.6) is 0 Å². The zero-order chi connectivity index (χ0) is 16.0. The van der Waals surface area contributed by atoms with Crippen LogP contribution in [0.1, 0.15) is 32.8 Å². The van der Waals surface area contributed by atoms with Crippen LogP contribution in [0.3, 0.4) is 0 Å². The zero-order valence-electron chi connectivity index (χ0n) is 13.2. The summed E-state index contributed by atoms with van der Waals surface area (Å²) in [5.74, 6) is -0.306. The maximum atomic E-state index is 13.9. The molecule has 4 nitrogen and oxygen atoms in total. The van der Waals surface area contributed by atoms with Crippen molar-refractivity contribution < 1.29 is 12.8 Å². The highest BCUT2D eigenvalue weighted by Crippen LogP contribution is 2.20. The molecule has 0 amide bonds. The molecule has 21 heavy (non-hydrogen) atoms. The fraction of sp³-hybridized carbons (Fsp3) is 0.600. The first-order chi connectivity index (χ1) is 9.78. The van der Waals surface area contributed by atoms with E-state index in [0.29, 0.717) is 19.0 Å². The van der Waals surface area contributed by atoms with Crippen LogP contribution >= 0.6 is 0 Å². The Kier molecular flexibility index (Phi) is 6.77. The summed E-state index contributed by atoms with van der Waals surface area (Å²) >= 11 is 0. The lowest BCUT2D eigenvalue weighted by molar-refractivity contribution is 0.424. The number of hydrogen-bond acceptors (Lipinski definition) is 3.